The Morgan fingerprint density at radius 1 is 0.389 bits per heavy atom. The van der Waals surface area contributed by atoms with E-state index in [0.29, 0.717) is 0 Å². The van der Waals surface area contributed by atoms with Gasteiger partial charge in [-0.3, -0.25) is 4.79 Å². The van der Waals surface area contributed by atoms with E-state index >= 15 is 0 Å². The molecule has 90 heavy (non-hydrogen) atoms. The topological polar surface area (TPSA) is 228 Å². The second-order valence-corrected chi connectivity index (χ2v) is 27.9. The van der Waals surface area contributed by atoms with Crippen LogP contribution >= 0.6 is 0 Å². The molecule has 0 bridgehead atoms. The fraction of sp³-hybridized carbons (Fsp3) is 0.961. The van der Waals surface area contributed by atoms with Gasteiger partial charge in [-0.1, -0.05) is 360 Å². The Labute approximate surface area is 552 Å². The normalized spacial score (nSPS) is 22.9. The van der Waals surface area contributed by atoms with Crippen molar-refractivity contribution in [3.05, 3.63) is 12.2 Å². The zero-order valence-corrected chi connectivity index (χ0v) is 58.4. The minimum Gasteiger partial charge on any atom is -0.394 e. The van der Waals surface area contributed by atoms with Crippen LogP contribution in [0.1, 0.15) is 373 Å². The molecular weight excluding hydrogens is 1130 g/mol. The lowest BCUT2D eigenvalue weighted by atomic mass is 9.97. The van der Waals surface area contributed by atoms with Crippen LogP contribution in [0.3, 0.4) is 0 Å². The summed E-state index contributed by atoms with van der Waals surface area (Å²) >= 11 is 0. The van der Waals surface area contributed by atoms with Crippen LogP contribution < -0.4 is 5.32 Å². The molecule has 1 amide bonds. The molecule has 2 aliphatic heterocycles. The van der Waals surface area contributed by atoms with Crippen molar-refractivity contribution in [2.24, 2.45) is 0 Å². The zero-order valence-electron chi connectivity index (χ0n) is 58.4. The molecule has 12 atom stereocenters. The summed E-state index contributed by atoms with van der Waals surface area (Å²) in [4.78, 5) is 13.3. The van der Waals surface area contributed by atoms with Gasteiger partial charge < -0.3 is 65.1 Å². The van der Waals surface area contributed by atoms with Crippen LogP contribution in [0.25, 0.3) is 0 Å². The van der Waals surface area contributed by atoms with E-state index in [-0.39, 0.29) is 18.9 Å². The maximum Gasteiger partial charge on any atom is 0.220 e. The number of carbonyl (C=O) groups is 1. The molecule has 0 spiro atoms. The first kappa shape index (κ1) is 84.8. The lowest BCUT2D eigenvalue weighted by Crippen LogP contribution is -2.65. The first-order valence-corrected chi connectivity index (χ1v) is 38.9. The summed E-state index contributed by atoms with van der Waals surface area (Å²) in [6, 6.07) is -0.911. The SMILES string of the molecule is CCCCCCCCCCCCCCCC/C=C/C(O)C(COC1OC(CO)C(OC2OC(CO)C(O)C(O)C2O)C(O)C1O)NC(=O)CCCCCCCCCCCCCCCCCCCCCCCCCCCCCCCCCCCCCCCCCC. The molecule has 534 valence electrons. The number of hydrogen-bond donors (Lipinski definition) is 9. The van der Waals surface area contributed by atoms with E-state index in [9.17, 15) is 45.6 Å². The number of nitrogens with one attached hydrogen (secondary N) is 1. The van der Waals surface area contributed by atoms with E-state index in [1.165, 1.54) is 308 Å². The number of amides is 1. The molecular formula is C76H147NO13. The number of rotatable bonds is 66. The molecule has 0 aromatic rings. The van der Waals surface area contributed by atoms with Gasteiger partial charge in [-0.15, -0.1) is 0 Å². The zero-order chi connectivity index (χ0) is 65.2. The van der Waals surface area contributed by atoms with Crippen molar-refractivity contribution >= 4 is 5.91 Å². The third-order valence-electron chi connectivity index (χ3n) is 19.5. The van der Waals surface area contributed by atoms with Gasteiger partial charge in [0, 0.05) is 6.42 Å². The van der Waals surface area contributed by atoms with E-state index in [0.717, 1.165) is 44.9 Å². The molecule has 0 aliphatic carbocycles. The largest absolute Gasteiger partial charge is 0.394 e. The number of aliphatic hydroxyl groups is 8. The monoisotopic (exact) mass is 1280 g/mol. The molecule has 0 aromatic carbocycles. The summed E-state index contributed by atoms with van der Waals surface area (Å²) in [5.41, 5.74) is 0. The summed E-state index contributed by atoms with van der Waals surface area (Å²) in [6.45, 7) is 2.86. The minimum absolute atomic E-state index is 0.231. The molecule has 2 saturated heterocycles. The average Bonchev–Trinajstić information content (AvgIpc) is 3.47. The molecule has 14 heteroatoms. The quantitative estimate of drug-likeness (QED) is 0.0204. The second-order valence-electron chi connectivity index (χ2n) is 27.9. The van der Waals surface area contributed by atoms with Gasteiger partial charge in [0.25, 0.3) is 0 Å². The van der Waals surface area contributed by atoms with Crippen LogP contribution in [0.2, 0.25) is 0 Å². The molecule has 2 fully saturated rings. The Hall–Kier alpha value is -1.27. The lowest BCUT2D eigenvalue weighted by molar-refractivity contribution is -0.359. The average molecular weight is 1280 g/mol. The van der Waals surface area contributed by atoms with Gasteiger partial charge in [-0.25, -0.2) is 0 Å². The molecule has 2 rings (SSSR count). The van der Waals surface area contributed by atoms with Gasteiger partial charge in [-0.2, -0.15) is 0 Å². The molecule has 0 saturated carbocycles. The maximum atomic E-state index is 13.3. The molecule has 14 nitrogen and oxygen atoms in total. The summed E-state index contributed by atoms with van der Waals surface area (Å²) in [6.07, 6.45) is 60.3. The minimum atomic E-state index is -1.79. The number of aliphatic hydroxyl groups excluding tert-OH is 8. The van der Waals surface area contributed by atoms with E-state index in [2.05, 4.69) is 19.2 Å². The Morgan fingerprint density at radius 2 is 0.689 bits per heavy atom. The maximum absolute atomic E-state index is 13.3. The van der Waals surface area contributed by atoms with E-state index in [1.54, 1.807) is 6.08 Å². The van der Waals surface area contributed by atoms with Crippen molar-refractivity contribution in [3.8, 4) is 0 Å². The van der Waals surface area contributed by atoms with Crippen LogP contribution in [0.15, 0.2) is 12.2 Å². The molecule has 9 N–H and O–H groups in total. The Bertz CT molecular complexity index is 1560. The van der Waals surface area contributed by atoms with Gasteiger partial charge >= 0.3 is 0 Å². The molecule has 2 aliphatic rings. The third kappa shape index (κ3) is 44.5. The summed E-state index contributed by atoms with van der Waals surface area (Å²) in [7, 11) is 0. The number of unbranched alkanes of at least 4 members (excludes halogenated alkanes) is 53. The standard InChI is InChI=1S/C76H147NO13/c1-3-5-7-9-11-13-15-17-19-21-22-23-24-25-26-27-28-29-30-31-32-33-34-35-36-37-38-39-40-41-42-43-44-46-48-50-52-54-56-58-60-68(81)77-64(65(80)59-57-55-53-51-49-47-45-20-18-16-14-12-10-8-6-4-2)63-87-75-73(86)71(84)74(67(62-79)89-75)90-76-72(85)70(83)69(82)66(61-78)88-76/h57,59,64-67,69-76,78-80,82-86H,3-56,58,60-63H2,1-2H3,(H,77,81)/b59-57+. The first-order chi connectivity index (χ1) is 44.1. The van der Waals surface area contributed by atoms with Gasteiger partial charge in [0.2, 0.25) is 5.91 Å². The summed E-state index contributed by atoms with van der Waals surface area (Å²) in [5, 5.41) is 87.4. The third-order valence-corrected chi connectivity index (χ3v) is 19.5. The van der Waals surface area contributed by atoms with Crippen LogP contribution in [0.4, 0.5) is 0 Å². The Morgan fingerprint density at radius 3 is 1.02 bits per heavy atom. The number of hydrogen-bond acceptors (Lipinski definition) is 13. The highest BCUT2D eigenvalue weighted by Crippen LogP contribution is 2.30. The van der Waals surface area contributed by atoms with Crippen LogP contribution in [0, 0.1) is 0 Å². The highest BCUT2D eigenvalue weighted by Gasteiger charge is 2.51. The number of ether oxygens (including phenoxy) is 4. The van der Waals surface area contributed by atoms with Gasteiger partial charge in [0.05, 0.1) is 32.0 Å². The fourth-order valence-corrected chi connectivity index (χ4v) is 13.3. The fourth-order valence-electron chi connectivity index (χ4n) is 13.3. The van der Waals surface area contributed by atoms with Crippen molar-refractivity contribution in [1.29, 1.82) is 0 Å². The Kier molecular flexibility index (Phi) is 57.8. The predicted octanol–water partition coefficient (Wildman–Crippen LogP) is 16.9. The molecule has 2 heterocycles. The first-order valence-electron chi connectivity index (χ1n) is 38.9. The van der Waals surface area contributed by atoms with Gasteiger partial charge in [-0.05, 0) is 19.3 Å². The summed E-state index contributed by atoms with van der Waals surface area (Å²) in [5.74, 6) is -0.231. The van der Waals surface area contributed by atoms with Gasteiger partial charge in [0.1, 0.15) is 48.8 Å². The van der Waals surface area contributed by atoms with Crippen LogP contribution in [-0.2, 0) is 23.7 Å². The molecule has 0 radical (unpaired) electrons. The molecule has 0 aromatic heterocycles. The van der Waals surface area contributed by atoms with Crippen molar-refractivity contribution in [2.75, 3.05) is 19.8 Å². The van der Waals surface area contributed by atoms with E-state index < -0.39 is 86.8 Å². The second kappa shape index (κ2) is 61.3. The van der Waals surface area contributed by atoms with E-state index in [1.807, 2.05) is 6.08 Å². The summed E-state index contributed by atoms with van der Waals surface area (Å²) < 4.78 is 22.9. The van der Waals surface area contributed by atoms with Crippen molar-refractivity contribution in [1.82, 2.24) is 5.32 Å². The van der Waals surface area contributed by atoms with Crippen LogP contribution in [0.5, 0.6) is 0 Å². The van der Waals surface area contributed by atoms with Crippen molar-refractivity contribution < 1.29 is 64.6 Å². The van der Waals surface area contributed by atoms with Crippen molar-refractivity contribution in [3.63, 3.8) is 0 Å². The lowest BCUT2D eigenvalue weighted by Gasteiger charge is -2.46. The predicted molar refractivity (Wildman–Crippen MR) is 369 cm³/mol. The number of carbonyl (C=O) groups excluding carboxylic acids is 1. The van der Waals surface area contributed by atoms with Gasteiger partial charge in [0.15, 0.2) is 12.6 Å². The van der Waals surface area contributed by atoms with E-state index in [4.69, 9.17) is 18.9 Å². The van der Waals surface area contributed by atoms with Crippen LogP contribution in [-0.4, -0.2) is 140 Å². The highest BCUT2D eigenvalue weighted by atomic mass is 16.7. The Balaban J connectivity index is 1.53. The van der Waals surface area contributed by atoms with Crippen molar-refractivity contribution in [2.45, 2.75) is 447 Å². The molecule has 12 unspecified atom stereocenters. The number of allylic oxidation sites excluding steroid dienone is 1. The smallest absolute Gasteiger partial charge is 0.220 e. The highest BCUT2D eigenvalue weighted by molar-refractivity contribution is 5.76.